The smallest absolute Gasteiger partial charge is 0.313 e. The molecule has 0 atom stereocenters. The molecule has 0 aliphatic rings. The molecule has 80 valence electrons. The number of hydrogen-bond acceptors (Lipinski definition) is 3. The topological polar surface area (TPSA) is 43.1 Å². The van der Waals surface area contributed by atoms with Gasteiger partial charge in [-0.15, -0.1) is 5.10 Å². The van der Waals surface area contributed by atoms with Crippen LogP contribution in [0.4, 0.5) is 13.2 Å². The Hall–Kier alpha value is -1.47. The van der Waals surface area contributed by atoms with E-state index in [2.05, 4.69) is 5.10 Å². The summed E-state index contributed by atoms with van der Waals surface area (Å²) in [7, 11) is 3.83. The van der Waals surface area contributed by atoms with Crippen molar-refractivity contribution in [3.8, 4) is 0 Å². The van der Waals surface area contributed by atoms with Crippen LogP contribution in [0.1, 0.15) is 5.82 Å². The fourth-order valence-corrected chi connectivity index (χ4v) is 0.992. The van der Waals surface area contributed by atoms with Crippen molar-refractivity contribution in [1.29, 1.82) is 0 Å². The van der Waals surface area contributed by atoms with E-state index in [9.17, 15) is 18.0 Å². The van der Waals surface area contributed by atoms with Crippen molar-refractivity contribution in [3.05, 3.63) is 16.3 Å². The van der Waals surface area contributed by atoms with Gasteiger partial charge in [0.1, 0.15) is 0 Å². The van der Waals surface area contributed by atoms with Gasteiger partial charge in [0.2, 0.25) is 0 Å². The molecule has 8 heteroatoms. The largest absolute Gasteiger partial charge is 0.453 e. The fraction of sp³-hybridized carbons (Fsp3) is 0.667. The average Bonchev–Trinajstić information content (AvgIpc) is 2.27. The number of alkyl halides is 3. The Morgan fingerprint density at radius 3 is 2.14 bits per heavy atom. The van der Waals surface area contributed by atoms with Gasteiger partial charge in [-0.2, -0.15) is 17.8 Å². The third-order valence-electron chi connectivity index (χ3n) is 1.56. The van der Waals surface area contributed by atoms with Gasteiger partial charge in [-0.25, -0.2) is 9.48 Å². The second kappa shape index (κ2) is 3.03. The van der Waals surface area contributed by atoms with E-state index in [0.29, 0.717) is 9.36 Å². The molecule has 1 aromatic rings. The molecular formula is C6H9F3N4O. The molecule has 0 bridgehead atoms. The molecule has 1 rings (SSSR count). The molecule has 0 saturated carbocycles. The van der Waals surface area contributed by atoms with Crippen LogP contribution in [0.3, 0.4) is 0 Å². The molecule has 5 nitrogen and oxygen atoms in total. The van der Waals surface area contributed by atoms with Gasteiger partial charge in [-0.3, -0.25) is 0 Å². The van der Waals surface area contributed by atoms with Crippen molar-refractivity contribution >= 4 is 0 Å². The van der Waals surface area contributed by atoms with Crippen molar-refractivity contribution in [2.45, 2.75) is 6.18 Å². The molecule has 0 aliphatic carbocycles. The molecule has 14 heavy (non-hydrogen) atoms. The van der Waals surface area contributed by atoms with Crippen LogP contribution < -0.4 is 10.7 Å². The molecule has 0 aliphatic heterocycles. The van der Waals surface area contributed by atoms with E-state index in [4.69, 9.17) is 0 Å². The quantitative estimate of drug-likeness (QED) is 0.644. The summed E-state index contributed by atoms with van der Waals surface area (Å²) in [4.78, 5) is 11.2. The minimum Gasteiger partial charge on any atom is -0.313 e. The van der Waals surface area contributed by atoms with Crippen LogP contribution in [0.2, 0.25) is 0 Å². The summed E-state index contributed by atoms with van der Waals surface area (Å²) in [5.74, 6) is -1.23. The molecule has 0 radical (unpaired) electrons. The van der Waals surface area contributed by atoms with Gasteiger partial charge in [0.25, 0.3) is 5.82 Å². The summed E-state index contributed by atoms with van der Waals surface area (Å²) in [5.41, 5.74) is -0.831. The van der Waals surface area contributed by atoms with Crippen molar-refractivity contribution in [2.24, 2.45) is 7.05 Å². The monoisotopic (exact) mass is 210 g/mol. The van der Waals surface area contributed by atoms with Crippen LogP contribution in [-0.2, 0) is 13.2 Å². The van der Waals surface area contributed by atoms with Crippen LogP contribution in [0.5, 0.6) is 0 Å². The standard InChI is InChI=1S/C6H9F3N4O/c1-11(2)13-4(6(7,8)9)10-12(3)5(13)14/h1-3H3. The Balaban J connectivity index is 3.45. The van der Waals surface area contributed by atoms with E-state index in [1.54, 1.807) is 0 Å². The average molecular weight is 210 g/mol. The van der Waals surface area contributed by atoms with Gasteiger partial charge in [0.05, 0.1) is 0 Å². The lowest BCUT2D eigenvalue weighted by Gasteiger charge is -2.15. The van der Waals surface area contributed by atoms with Crippen LogP contribution in [0.15, 0.2) is 4.79 Å². The maximum Gasteiger partial charge on any atom is 0.453 e. The molecule has 0 spiro atoms. The van der Waals surface area contributed by atoms with Crippen LogP contribution in [-0.4, -0.2) is 28.6 Å². The minimum absolute atomic E-state index is 0.458. The zero-order chi connectivity index (χ0) is 11.1. The van der Waals surface area contributed by atoms with E-state index < -0.39 is 17.7 Å². The summed E-state index contributed by atoms with van der Waals surface area (Å²) in [6.07, 6.45) is -4.63. The maximum absolute atomic E-state index is 12.3. The molecule has 1 aromatic heterocycles. The van der Waals surface area contributed by atoms with Crippen LogP contribution in [0, 0.1) is 0 Å². The normalized spacial score (nSPS) is 11.9. The van der Waals surface area contributed by atoms with Crippen LogP contribution >= 0.6 is 0 Å². The van der Waals surface area contributed by atoms with Crippen LogP contribution in [0.25, 0.3) is 0 Å². The second-order valence-corrected chi connectivity index (χ2v) is 2.89. The lowest BCUT2D eigenvalue weighted by Crippen LogP contribution is -2.39. The van der Waals surface area contributed by atoms with E-state index in [1.165, 1.54) is 14.1 Å². The molecule has 0 aromatic carbocycles. The highest BCUT2D eigenvalue weighted by Crippen LogP contribution is 2.26. The summed E-state index contributed by atoms with van der Waals surface area (Å²) >= 11 is 0. The minimum atomic E-state index is -4.63. The molecule has 0 saturated heterocycles. The molecule has 0 amide bonds. The molecule has 1 heterocycles. The van der Waals surface area contributed by atoms with Gasteiger partial charge in [0, 0.05) is 21.1 Å². The Morgan fingerprint density at radius 1 is 1.36 bits per heavy atom. The molecule has 0 unspecified atom stereocenters. The first-order valence-electron chi connectivity index (χ1n) is 3.66. The van der Waals surface area contributed by atoms with Crippen molar-refractivity contribution in [3.63, 3.8) is 0 Å². The predicted octanol–water partition coefficient (Wildman–Crippen LogP) is -0.202. The number of aromatic nitrogens is 3. The Morgan fingerprint density at radius 2 is 1.86 bits per heavy atom. The number of hydrogen-bond donors (Lipinski definition) is 0. The lowest BCUT2D eigenvalue weighted by atomic mass is 10.6. The first-order chi connectivity index (χ1) is 6.25. The Labute approximate surface area is 77.3 Å². The second-order valence-electron chi connectivity index (χ2n) is 2.89. The van der Waals surface area contributed by atoms with Crippen molar-refractivity contribution < 1.29 is 13.2 Å². The number of halogens is 3. The van der Waals surface area contributed by atoms with Crippen molar-refractivity contribution in [1.82, 2.24) is 14.5 Å². The van der Waals surface area contributed by atoms with E-state index in [-0.39, 0.29) is 0 Å². The number of aryl methyl sites for hydroxylation is 1. The third-order valence-corrected chi connectivity index (χ3v) is 1.56. The number of nitrogens with zero attached hydrogens (tertiary/aromatic N) is 4. The summed E-state index contributed by atoms with van der Waals surface area (Å²) in [6, 6.07) is 0. The zero-order valence-electron chi connectivity index (χ0n) is 7.83. The van der Waals surface area contributed by atoms with Crippen molar-refractivity contribution in [2.75, 3.05) is 19.1 Å². The predicted molar refractivity (Wildman–Crippen MR) is 42.5 cm³/mol. The van der Waals surface area contributed by atoms with E-state index in [1.807, 2.05) is 0 Å². The van der Waals surface area contributed by atoms with Gasteiger partial charge < -0.3 is 5.01 Å². The fourth-order valence-electron chi connectivity index (χ4n) is 0.992. The third kappa shape index (κ3) is 1.59. The lowest BCUT2D eigenvalue weighted by molar-refractivity contribution is -0.147. The maximum atomic E-state index is 12.3. The highest BCUT2D eigenvalue weighted by atomic mass is 19.4. The first kappa shape index (κ1) is 10.6. The summed E-state index contributed by atoms with van der Waals surface area (Å²) in [6.45, 7) is 0. The van der Waals surface area contributed by atoms with Gasteiger partial charge >= 0.3 is 11.9 Å². The summed E-state index contributed by atoms with van der Waals surface area (Å²) in [5, 5.41) is 4.13. The molecule has 0 N–H and O–H groups in total. The highest BCUT2D eigenvalue weighted by molar-refractivity contribution is 4.96. The van der Waals surface area contributed by atoms with Gasteiger partial charge in [0.15, 0.2) is 0 Å². The number of rotatable bonds is 1. The van der Waals surface area contributed by atoms with Gasteiger partial charge in [-0.1, -0.05) is 0 Å². The zero-order valence-corrected chi connectivity index (χ0v) is 7.83. The van der Waals surface area contributed by atoms with E-state index >= 15 is 0 Å². The highest BCUT2D eigenvalue weighted by Gasteiger charge is 2.39. The summed E-state index contributed by atoms with van der Waals surface area (Å²) < 4.78 is 38.1. The molecular weight excluding hydrogens is 201 g/mol. The van der Waals surface area contributed by atoms with Gasteiger partial charge in [-0.05, 0) is 0 Å². The van der Waals surface area contributed by atoms with E-state index in [0.717, 1.165) is 12.1 Å². The first-order valence-corrected chi connectivity index (χ1v) is 3.66. The SMILES string of the molecule is CN(C)n1c(C(F)(F)F)nn(C)c1=O. The Bertz CT molecular complexity index is 389. The Kier molecular flexibility index (Phi) is 2.30. The molecule has 0 fully saturated rings.